The van der Waals surface area contributed by atoms with Gasteiger partial charge in [-0.15, -0.1) is 0 Å². The van der Waals surface area contributed by atoms with Crippen LogP contribution >= 0.6 is 11.6 Å². The fourth-order valence-corrected chi connectivity index (χ4v) is 2.06. The Morgan fingerprint density at radius 1 is 1.44 bits per heavy atom. The summed E-state index contributed by atoms with van der Waals surface area (Å²) in [6.07, 6.45) is 0. The van der Waals surface area contributed by atoms with Crippen molar-refractivity contribution in [2.75, 3.05) is 7.11 Å². The highest BCUT2D eigenvalue weighted by Crippen LogP contribution is 2.30. The van der Waals surface area contributed by atoms with Gasteiger partial charge in [0.25, 0.3) is 0 Å². The number of aromatic nitrogens is 1. The number of pyridine rings is 1. The van der Waals surface area contributed by atoms with E-state index in [1.165, 1.54) is 14.0 Å². The molecule has 0 aliphatic heterocycles. The fraction of sp³-hybridized carbons (Fsp3) is 0.167. The van der Waals surface area contributed by atoms with E-state index >= 15 is 0 Å². The van der Waals surface area contributed by atoms with Crippen LogP contribution in [0.2, 0.25) is 5.02 Å². The van der Waals surface area contributed by atoms with Crippen molar-refractivity contribution in [2.24, 2.45) is 0 Å². The number of benzene rings is 1. The van der Waals surface area contributed by atoms with Crippen molar-refractivity contribution in [1.82, 2.24) is 4.98 Å². The number of hydrogen-bond acceptors (Lipinski definition) is 3. The quantitative estimate of drug-likeness (QED) is 0.874. The van der Waals surface area contributed by atoms with E-state index in [2.05, 4.69) is 4.98 Å². The molecule has 1 heterocycles. The van der Waals surface area contributed by atoms with Crippen molar-refractivity contribution >= 4 is 28.5 Å². The van der Waals surface area contributed by atoms with E-state index in [0.29, 0.717) is 11.1 Å². The van der Waals surface area contributed by atoms with Gasteiger partial charge in [-0.2, -0.15) is 0 Å². The number of carboxylic acids is 1. The lowest BCUT2D eigenvalue weighted by Gasteiger charge is -2.09. The Balaban J connectivity index is 2.96. The molecule has 2 rings (SSSR count). The average molecular weight is 268 g/mol. The summed E-state index contributed by atoms with van der Waals surface area (Å²) in [5.74, 6) is -0.828. The number of hydrogen-bond donors (Lipinski definition) is 2. The lowest BCUT2D eigenvalue weighted by molar-refractivity contribution is 0.0690. The smallest absolute Gasteiger partial charge is 0.352 e. The van der Waals surface area contributed by atoms with Crippen LogP contribution in [0.15, 0.2) is 16.9 Å². The zero-order valence-corrected chi connectivity index (χ0v) is 10.5. The molecular formula is C12H10ClNO4. The summed E-state index contributed by atoms with van der Waals surface area (Å²) < 4.78 is 5.02. The van der Waals surface area contributed by atoms with Gasteiger partial charge in [-0.1, -0.05) is 11.6 Å². The summed E-state index contributed by atoms with van der Waals surface area (Å²) in [5.41, 5.74) is -0.103. The lowest BCUT2D eigenvalue weighted by Crippen LogP contribution is -2.15. The minimum absolute atomic E-state index is 0.149. The monoisotopic (exact) mass is 267 g/mol. The predicted octanol–water partition coefficient (Wildman–Crippen LogP) is 2.20. The van der Waals surface area contributed by atoms with Gasteiger partial charge in [0.15, 0.2) is 5.43 Å². The number of rotatable bonds is 2. The van der Waals surface area contributed by atoms with Crippen LogP contribution in [0.3, 0.4) is 0 Å². The standard InChI is InChI=1S/C12H10ClNO4/c1-5-9(12(16)17)14-10-6(11(5)15)3-4-7(18-2)8(10)13/h3-4H,1-2H3,(H,14,15)(H,16,17). The summed E-state index contributed by atoms with van der Waals surface area (Å²) >= 11 is 6.05. The zero-order valence-electron chi connectivity index (χ0n) is 9.70. The first-order valence-corrected chi connectivity index (χ1v) is 5.47. The number of carboxylic acid groups (broad SMARTS) is 1. The Hall–Kier alpha value is -2.01. The zero-order chi connectivity index (χ0) is 13.4. The van der Waals surface area contributed by atoms with Crippen LogP contribution < -0.4 is 10.2 Å². The molecule has 18 heavy (non-hydrogen) atoms. The van der Waals surface area contributed by atoms with E-state index in [-0.39, 0.29) is 27.2 Å². The maximum atomic E-state index is 12.0. The van der Waals surface area contributed by atoms with Crippen molar-refractivity contribution in [2.45, 2.75) is 6.92 Å². The van der Waals surface area contributed by atoms with Crippen molar-refractivity contribution in [3.8, 4) is 5.75 Å². The number of fused-ring (bicyclic) bond motifs is 1. The van der Waals surface area contributed by atoms with Gasteiger partial charge in [-0.3, -0.25) is 4.79 Å². The summed E-state index contributed by atoms with van der Waals surface area (Å²) in [6, 6.07) is 3.12. The van der Waals surface area contributed by atoms with E-state index < -0.39 is 5.97 Å². The first kappa shape index (κ1) is 12.4. The molecule has 1 aromatic carbocycles. The van der Waals surface area contributed by atoms with E-state index in [4.69, 9.17) is 21.4 Å². The van der Waals surface area contributed by atoms with Gasteiger partial charge >= 0.3 is 5.97 Å². The van der Waals surface area contributed by atoms with Crippen LogP contribution in [0, 0.1) is 6.92 Å². The highest BCUT2D eigenvalue weighted by atomic mass is 35.5. The number of carbonyl (C=O) groups is 1. The molecule has 0 aliphatic rings. The molecular weight excluding hydrogens is 258 g/mol. The fourth-order valence-electron chi connectivity index (χ4n) is 1.77. The molecule has 5 nitrogen and oxygen atoms in total. The maximum absolute atomic E-state index is 12.0. The van der Waals surface area contributed by atoms with Gasteiger partial charge in [0.1, 0.15) is 16.5 Å². The Morgan fingerprint density at radius 3 is 2.67 bits per heavy atom. The molecule has 0 radical (unpaired) electrons. The largest absolute Gasteiger partial charge is 0.495 e. The van der Waals surface area contributed by atoms with Gasteiger partial charge < -0.3 is 14.8 Å². The second-order valence-electron chi connectivity index (χ2n) is 3.76. The molecule has 0 spiro atoms. The molecule has 1 aromatic heterocycles. The third-order valence-electron chi connectivity index (χ3n) is 2.75. The molecule has 0 bridgehead atoms. The van der Waals surface area contributed by atoms with Crippen LogP contribution in [-0.2, 0) is 0 Å². The second kappa shape index (κ2) is 4.34. The summed E-state index contributed by atoms with van der Waals surface area (Å²) in [7, 11) is 1.44. The highest BCUT2D eigenvalue weighted by Gasteiger charge is 2.16. The van der Waals surface area contributed by atoms with Crippen LogP contribution in [0.5, 0.6) is 5.75 Å². The van der Waals surface area contributed by atoms with E-state index in [0.717, 1.165) is 0 Å². The molecule has 0 amide bonds. The molecule has 0 saturated carbocycles. The van der Waals surface area contributed by atoms with Crippen LogP contribution in [0.1, 0.15) is 16.1 Å². The molecule has 6 heteroatoms. The summed E-state index contributed by atoms with van der Waals surface area (Å²) in [6.45, 7) is 1.46. The normalized spacial score (nSPS) is 10.6. The third kappa shape index (κ3) is 1.73. The van der Waals surface area contributed by atoms with Crippen molar-refractivity contribution in [3.05, 3.63) is 38.6 Å². The minimum atomic E-state index is -1.20. The molecule has 0 atom stereocenters. The number of ether oxygens (including phenoxy) is 1. The average Bonchev–Trinajstić information content (AvgIpc) is 2.34. The highest BCUT2D eigenvalue weighted by molar-refractivity contribution is 6.36. The second-order valence-corrected chi connectivity index (χ2v) is 4.14. The Labute approximate surface area is 107 Å². The molecule has 0 fully saturated rings. The Morgan fingerprint density at radius 2 is 2.11 bits per heavy atom. The number of aromatic carboxylic acids is 1. The number of aromatic amines is 1. The first-order valence-electron chi connectivity index (χ1n) is 5.09. The van der Waals surface area contributed by atoms with E-state index in [9.17, 15) is 9.59 Å². The summed E-state index contributed by atoms with van der Waals surface area (Å²) in [4.78, 5) is 25.7. The number of methoxy groups -OCH3 is 1. The molecule has 94 valence electrons. The number of H-pyrrole nitrogens is 1. The first-order chi connectivity index (χ1) is 8.47. The number of halogens is 1. The van der Waals surface area contributed by atoms with Crippen molar-refractivity contribution in [3.63, 3.8) is 0 Å². The van der Waals surface area contributed by atoms with Gasteiger partial charge in [0, 0.05) is 10.9 Å². The predicted molar refractivity (Wildman–Crippen MR) is 67.8 cm³/mol. The van der Waals surface area contributed by atoms with E-state index in [1.807, 2.05) is 0 Å². The Kier molecular flexibility index (Phi) is 3.00. The van der Waals surface area contributed by atoms with Gasteiger partial charge in [0.2, 0.25) is 0 Å². The maximum Gasteiger partial charge on any atom is 0.352 e. The molecule has 2 N–H and O–H groups in total. The number of nitrogens with one attached hydrogen (secondary N) is 1. The van der Waals surface area contributed by atoms with Crippen LogP contribution in [-0.4, -0.2) is 23.2 Å². The van der Waals surface area contributed by atoms with Gasteiger partial charge in [-0.25, -0.2) is 4.79 Å². The topological polar surface area (TPSA) is 79.4 Å². The third-order valence-corrected chi connectivity index (χ3v) is 3.13. The van der Waals surface area contributed by atoms with Crippen molar-refractivity contribution < 1.29 is 14.6 Å². The van der Waals surface area contributed by atoms with Gasteiger partial charge in [0.05, 0.1) is 12.6 Å². The molecule has 0 aliphatic carbocycles. The van der Waals surface area contributed by atoms with Crippen LogP contribution in [0.25, 0.3) is 10.9 Å². The lowest BCUT2D eigenvalue weighted by atomic mass is 10.1. The Bertz CT molecular complexity index is 705. The SMILES string of the molecule is COc1ccc2c(=O)c(C)c(C(=O)O)[nH]c2c1Cl. The van der Waals surface area contributed by atoms with Crippen LogP contribution in [0.4, 0.5) is 0 Å². The summed E-state index contributed by atoms with van der Waals surface area (Å²) in [5, 5.41) is 9.55. The molecule has 0 saturated heterocycles. The molecule has 2 aromatic rings. The van der Waals surface area contributed by atoms with E-state index in [1.54, 1.807) is 12.1 Å². The molecule has 0 unspecified atom stereocenters. The minimum Gasteiger partial charge on any atom is -0.495 e. The van der Waals surface area contributed by atoms with Gasteiger partial charge in [-0.05, 0) is 19.1 Å². The van der Waals surface area contributed by atoms with Crippen molar-refractivity contribution in [1.29, 1.82) is 0 Å².